The molecule has 2 rings (SSSR count). The van der Waals surface area contributed by atoms with E-state index in [1.165, 1.54) is 24.1 Å². The van der Waals surface area contributed by atoms with Gasteiger partial charge in [0.05, 0.1) is 12.1 Å². The van der Waals surface area contributed by atoms with Crippen LogP contribution in [0.1, 0.15) is 44.0 Å². The lowest BCUT2D eigenvalue weighted by Crippen LogP contribution is -2.40. The van der Waals surface area contributed by atoms with Crippen LogP contribution in [0.5, 0.6) is 0 Å². The van der Waals surface area contributed by atoms with E-state index in [1.807, 2.05) is 0 Å². The Balaban J connectivity index is 1.82. The van der Waals surface area contributed by atoms with Crippen LogP contribution in [0.15, 0.2) is 24.3 Å². The van der Waals surface area contributed by atoms with Gasteiger partial charge in [-0.1, -0.05) is 6.07 Å². The molecular formula is C20H27N3O6. The zero-order valence-electron chi connectivity index (χ0n) is 17.1. The van der Waals surface area contributed by atoms with Crippen LogP contribution in [0, 0.1) is 0 Å². The van der Waals surface area contributed by atoms with Crippen molar-refractivity contribution in [3.05, 3.63) is 29.8 Å². The van der Waals surface area contributed by atoms with Gasteiger partial charge in [-0.3, -0.25) is 14.9 Å². The van der Waals surface area contributed by atoms with Crippen LogP contribution < -0.4 is 10.6 Å². The van der Waals surface area contributed by atoms with Crippen molar-refractivity contribution in [2.24, 2.45) is 0 Å². The lowest BCUT2D eigenvalue weighted by molar-refractivity contribution is -0.137. The third kappa shape index (κ3) is 8.20. The SMILES string of the molecule is CN(CC(=O)NC1CC1)C(=O)COC(=O)c1cccc(NC(=O)OC(C)(C)C)c1. The van der Waals surface area contributed by atoms with Crippen molar-refractivity contribution in [2.45, 2.75) is 45.3 Å². The van der Waals surface area contributed by atoms with Crippen LogP contribution in [0.25, 0.3) is 0 Å². The fourth-order valence-electron chi connectivity index (χ4n) is 2.27. The maximum Gasteiger partial charge on any atom is 0.412 e. The molecule has 1 saturated carbocycles. The molecule has 0 heterocycles. The maximum atomic E-state index is 12.2. The summed E-state index contributed by atoms with van der Waals surface area (Å²) >= 11 is 0. The molecule has 1 aromatic rings. The molecule has 2 N–H and O–H groups in total. The Bertz CT molecular complexity index is 783. The van der Waals surface area contributed by atoms with Crippen LogP contribution in [-0.2, 0) is 19.1 Å². The van der Waals surface area contributed by atoms with Crippen LogP contribution in [0.3, 0.4) is 0 Å². The summed E-state index contributed by atoms with van der Waals surface area (Å²) in [6, 6.07) is 6.30. The van der Waals surface area contributed by atoms with Crippen molar-refractivity contribution in [3.8, 4) is 0 Å². The molecular weight excluding hydrogens is 378 g/mol. The predicted octanol–water partition coefficient (Wildman–Crippen LogP) is 1.93. The van der Waals surface area contributed by atoms with Crippen molar-refractivity contribution in [2.75, 3.05) is 25.5 Å². The number of carbonyl (C=O) groups excluding carboxylic acids is 4. The molecule has 1 aromatic carbocycles. The molecule has 0 atom stereocenters. The van der Waals surface area contributed by atoms with E-state index in [9.17, 15) is 19.2 Å². The van der Waals surface area contributed by atoms with Gasteiger partial charge in [-0.25, -0.2) is 9.59 Å². The van der Waals surface area contributed by atoms with E-state index >= 15 is 0 Å². The Labute approximate surface area is 169 Å². The second kappa shape index (κ2) is 9.40. The molecule has 158 valence electrons. The second-order valence-electron chi connectivity index (χ2n) is 7.88. The van der Waals surface area contributed by atoms with Gasteiger partial charge in [0, 0.05) is 18.8 Å². The summed E-state index contributed by atoms with van der Waals surface area (Å²) < 4.78 is 10.2. The molecule has 1 fully saturated rings. The van der Waals surface area contributed by atoms with Gasteiger partial charge < -0.3 is 19.7 Å². The zero-order chi connectivity index (χ0) is 21.6. The van der Waals surface area contributed by atoms with Crippen LogP contribution in [0.4, 0.5) is 10.5 Å². The number of rotatable bonds is 7. The number of nitrogens with zero attached hydrogens (tertiary/aromatic N) is 1. The molecule has 1 aliphatic carbocycles. The largest absolute Gasteiger partial charge is 0.452 e. The topological polar surface area (TPSA) is 114 Å². The number of esters is 1. The van der Waals surface area contributed by atoms with Crippen LogP contribution in [-0.4, -0.2) is 60.6 Å². The number of carbonyl (C=O) groups is 4. The second-order valence-corrected chi connectivity index (χ2v) is 7.88. The molecule has 0 aromatic heterocycles. The van der Waals surface area contributed by atoms with E-state index < -0.39 is 30.2 Å². The maximum absolute atomic E-state index is 12.2. The van der Waals surface area contributed by atoms with E-state index in [2.05, 4.69) is 10.6 Å². The first-order chi connectivity index (χ1) is 13.5. The number of ether oxygens (including phenoxy) is 2. The highest BCUT2D eigenvalue weighted by Crippen LogP contribution is 2.18. The van der Waals surface area contributed by atoms with Crippen molar-refractivity contribution < 1.29 is 28.7 Å². The number of benzene rings is 1. The molecule has 0 saturated heterocycles. The number of hydrogen-bond donors (Lipinski definition) is 2. The number of nitrogens with one attached hydrogen (secondary N) is 2. The monoisotopic (exact) mass is 405 g/mol. The average molecular weight is 405 g/mol. The van der Waals surface area contributed by atoms with E-state index in [-0.39, 0.29) is 24.1 Å². The van der Waals surface area contributed by atoms with Crippen LogP contribution in [0.2, 0.25) is 0 Å². The van der Waals surface area contributed by atoms with Gasteiger partial charge >= 0.3 is 12.1 Å². The molecule has 9 nitrogen and oxygen atoms in total. The summed E-state index contributed by atoms with van der Waals surface area (Å²) in [7, 11) is 1.47. The summed E-state index contributed by atoms with van der Waals surface area (Å²) in [4.78, 5) is 49.0. The third-order valence-electron chi connectivity index (χ3n) is 3.82. The first-order valence-corrected chi connectivity index (χ1v) is 9.34. The van der Waals surface area contributed by atoms with Crippen molar-refractivity contribution >= 4 is 29.6 Å². The third-order valence-corrected chi connectivity index (χ3v) is 3.82. The summed E-state index contributed by atoms with van der Waals surface area (Å²) in [6.45, 7) is 4.63. The Kier molecular flexibility index (Phi) is 7.19. The molecule has 1 aliphatic rings. The van der Waals surface area contributed by atoms with Gasteiger partial charge in [0.15, 0.2) is 6.61 Å². The van der Waals surface area contributed by atoms with E-state index in [4.69, 9.17) is 9.47 Å². The average Bonchev–Trinajstić information content (AvgIpc) is 3.41. The Morgan fingerprint density at radius 1 is 1.17 bits per heavy atom. The molecule has 3 amide bonds. The van der Waals surface area contributed by atoms with Crippen molar-refractivity contribution in [1.82, 2.24) is 10.2 Å². The normalized spacial score (nSPS) is 13.2. The smallest absolute Gasteiger partial charge is 0.412 e. The zero-order valence-corrected chi connectivity index (χ0v) is 17.1. The van der Waals surface area contributed by atoms with Gasteiger partial charge in [0.25, 0.3) is 5.91 Å². The Hall–Kier alpha value is -3.10. The van der Waals surface area contributed by atoms with Gasteiger partial charge in [0.2, 0.25) is 5.91 Å². The fourth-order valence-corrected chi connectivity index (χ4v) is 2.27. The molecule has 9 heteroatoms. The minimum Gasteiger partial charge on any atom is -0.452 e. The number of anilines is 1. The lowest BCUT2D eigenvalue weighted by Gasteiger charge is -2.19. The van der Waals surface area contributed by atoms with Crippen molar-refractivity contribution in [1.29, 1.82) is 0 Å². The standard InChI is InChI=1S/C20H27N3O6/c1-20(2,3)29-19(27)22-15-7-5-6-13(10-15)18(26)28-12-17(25)23(4)11-16(24)21-14-8-9-14/h5-7,10,14H,8-9,11-12H2,1-4H3,(H,21,24)(H,22,27). The first-order valence-electron chi connectivity index (χ1n) is 9.34. The molecule has 0 unspecified atom stereocenters. The van der Waals surface area contributed by atoms with Gasteiger partial charge in [-0.05, 0) is 51.8 Å². The molecule has 0 aliphatic heterocycles. The number of hydrogen-bond acceptors (Lipinski definition) is 6. The minimum absolute atomic E-state index is 0.0951. The summed E-state index contributed by atoms with van der Waals surface area (Å²) in [5.74, 6) is -1.45. The first kappa shape index (κ1) is 22.2. The summed E-state index contributed by atoms with van der Waals surface area (Å²) in [6.07, 6.45) is 1.27. The molecule has 0 bridgehead atoms. The fraction of sp³-hybridized carbons (Fsp3) is 0.500. The lowest BCUT2D eigenvalue weighted by atomic mass is 10.2. The van der Waals surface area contributed by atoms with Crippen LogP contribution >= 0.6 is 0 Å². The predicted molar refractivity (Wildman–Crippen MR) is 105 cm³/mol. The molecule has 0 radical (unpaired) electrons. The van der Waals surface area contributed by atoms with Gasteiger partial charge in [-0.15, -0.1) is 0 Å². The number of amides is 3. The molecule has 0 spiro atoms. The highest BCUT2D eigenvalue weighted by Gasteiger charge is 2.24. The van der Waals surface area contributed by atoms with E-state index in [0.717, 1.165) is 12.8 Å². The van der Waals surface area contributed by atoms with Gasteiger partial charge in [-0.2, -0.15) is 0 Å². The Morgan fingerprint density at radius 3 is 2.48 bits per heavy atom. The van der Waals surface area contributed by atoms with Gasteiger partial charge in [0.1, 0.15) is 5.60 Å². The Morgan fingerprint density at radius 2 is 1.86 bits per heavy atom. The highest BCUT2D eigenvalue weighted by atomic mass is 16.6. The highest BCUT2D eigenvalue weighted by molar-refractivity contribution is 5.94. The van der Waals surface area contributed by atoms with E-state index in [1.54, 1.807) is 32.9 Å². The quantitative estimate of drug-likeness (QED) is 0.670. The summed E-state index contributed by atoms with van der Waals surface area (Å²) in [5.41, 5.74) is -0.128. The van der Waals surface area contributed by atoms with Crippen molar-refractivity contribution in [3.63, 3.8) is 0 Å². The van der Waals surface area contributed by atoms with E-state index in [0.29, 0.717) is 5.69 Å². The minimum atomic E-state index is -0.720. The molecule has 29 heavy (non-hydrogen) atoms. The number of likely N-dealkylation sites (N-methyl/N-ethyl adjacent to an activating group) is 1. The summed E-state index contributed by atoms with van der Waals surface area (Å²) in [5, 5.41) is 5.31.